The van der Waals surface area contributed by atoms with Crippen molar-refractivity contribution in [1.82, 2.24) is 4.98 Å². The zero-order chi connectivity index (χ0) is 16.8. The summed E-state index contributed by atoms with van der Waals surface area (Å²) >= 11 is 0. The second-order valence-electron chi connectivity index (χ2n) is 4.60. The monoisotopic (exact) mass is 311 g/mol. The number of nitrogens with two attached hydrogens (primary N) is 1. The van der Waals surface area contributed by atoms with Crippen molar-refractivity contribution < 1.29 is 25.3 Å². The molecule has 0 fully saturated rings. The normalized spacial score (nSPS) is 10.9. The van der Waals surface area contributed by atoms with Crippen LogP contribution in [-0.4, -0.2) is 55.7 Å². The Morgan fingerprint density at radius 2 is 1.77 bits per heavy atom. The van der Waals surface area contributed by atoms with Gasteiger partial charge in [-0.15, -0.1) is 0 Å². The molecule has 0 unspecified atom stereocenters. The van der Waals surface area contributed by atoms with Crippen molar-refractivity contribution in [3.63, 3.8) is 0 Å². The summed E-state index contributed by atoms with van der Waals surface area (Å²) in [6.45, 7) is -1.21. The van der Waals surface area contributed by atoms with Crippen molar-refractivity contribution in [1.29, 1.82) is 0 Å². The molecule has 2 rings (SSSR count). The Bertz CT molecular complexity index is 636. The highest BCUT2D eigenvalue weighted by Gasteiger charge is 2.20. The predicted molar refractivity (Wildman–Crippen MR) is 78.2 cm³/mol. The first-order chi connectivity index (χ1) is 10.4. The summed E-state index contributed by atoms with van der Waals surface area (Å²) in [7, 11) is 0. The van der Waals surface area contributed by atoms with E-state index in [0.717, 1.165) is 0 Å². The van der Waals surface area contributed by atoms with E-state index in [2.05, 4.69) is 4.98 Å². The van der Waals surface area contributed by atoms with Crippen LogP contribution in [0.25, 0.3) is 10.9 Å². The van der Waals surface area contributed by atoms with Gasteiger partial charge in [0.25, 0.3) is 5.69 Å². The molecule has 0 bridgehead atoms. The molecule has 1 heterocycles. The minimum Gasteiger partial charge on any atom is -0.506 e. The Morgan fingerprint density at radius 3 is 2.23 bits per heavy atom. The number of nitrogens with zero attached hydrogens (tertiary/aromatic N) is 2. The van der Waals surface area contributed by atoms with Gasteiger partial charge >= 0.3 is 0 Å². The third-order valence-corrected chi connectivity index (χ3v) is 2.87. The number of rotatable bonds is 4. The van der Waals surface area contributed by atoms with E-state index in [0.29, 0.717) is 5.39 Å². The van der Waals surface area contributed by atoms with Gasteiger partial charge in [0.2, 0.25) is 0 Å². The summed E-state index contributed by atoms with van der Waals surface area (Å²) in [5.41, 5.74) is 4.14. The van der Waals surface area contributed by atoms with E-state index in [1.165, 1.54) is 18.3 Å². The van der Waals surface area contributed by atoms with E-state index in [9.17, 15) is 15.2 Å². The van der Waals surface area contributed by atoms with Gasteiger partial charge in [-0.1, -0.05) is 0 Å². The lowest BCUT2D eigenvalue weighted by Gasteiger charge is -2.20. The van der Waals surface area contributed by atoms with E-state index in [-0.39, 0.29) is 17.0 Å². The number of pyridine rings is 1. The van der Waals surface area contributed by atoms with E-state index < -0.39 is 30.3 Å². The molecule has 9 heteroatoms. The van der Waals surface area contributed by atoms with Gasteiger partial charge in [-0.2, -0.15) is 0 Å². The second-order valence-corrected chi connectivity index (χ2v) is 4.60. The smallest absolute Gasteiger partial charge is 0.279 e. The van der Waals surface area contributed by atoms with Crippen molar-refractivity contribution in [2.45, 2.75) is 5.54 Å². The topological polar surface area (TPSA) is 163 Å². The molecule has 0 radical (unpaired) electrons. The van der Waals surface area contributed by atoms with Crippen molar-refractivity contribution in [2.75, 3.05) is 19.8 Å². The zero-order valence-corrected chi connectivity index (χ0v) is 11.6. The van der Waals surface area contributed by atoms with Gasteiger partial charge in [0.1, 0.15) is 11.3 Å². The van der Waals surface area contributed by atoms with Gasteiger partial charge in [0.15, 0.2) is 0 Å². The lowest BCUT2D eigenvalue weighted by Crippen LogP contribution is -2.50. The maximum absolute atomic E-state index is 10.6. The Labute approximate surface area is 125 Å². The summed E-state index contributed by atoms with van der Waals surface area (Å²) in [5.74, 6) is -0.0498. The number of aliphatic hydroxyl groups excluding tert-OH is 3. The van der Waals surface area contributed by atoms with Gasteiger partial charge in [0, 0.05) is 12.3 Å². The van der Waals surface area contributed by atoms with E-state index in [4.69, 9.17) is 21.1 Å². The van der Waals surface area contributed by atoms with Crippen molar-refractivity contribution in [3.05, 3.63) is 40.6 Å². The van der Waals surface area contributed by atoms with E-state index >= 15 is 0 Å². The van der Waals surface area contributed by atoms with E-state index in [1.807, 2.05) is 0 Å². The third kappa shape index (κ3) is 4.09. The number of phenols is 1. The maximum Gasteiger partial charge on any atom is 0.279 e. The molecular formula is C13H17N3O6. The Morgan fingerprint density at radius 1 is 1.18 bits per heavy atom. The minimum absolute atomic E-state index is 0.0498. The van der Waals surface area contributed by atoms with Crippen LogP contribution in [0.15, 0.2) is 30.5 Å². The summed E-state index contributed by atoms with van der Waals surface area (Å²) in [6, 6.07) is 5.68. The van der Waals surface area contributed by atoms with Crippen LogP contribution in [0.3, 0.4) is 0 Å². The molecule has 0 atom stereocenters. The van der Waals surface area contributed by atoms with Crippen LogP contribution >= 0.6 is 0 Å². The number of aromatic nitrogens is 1. The number of fused-ring (bicyclic) bond motifs is 1. The highest BCUT2D eigenvalue weighted by Crippen LogP contribution is 2.29. The molecule has 0 saturated carbocycles. The zero-order valence-electron chi connectivity index (χ0n) is 11.6. The Hall–Kier alpha value is -2.33. The quantitative estimate of drug-likeness (QED) is 0.373. The van der Waals surface area contributed by atoms with Gasteiger partial charge in [-0.05, 0) is 18.2 Å². The van der Waals surface area contributed by atoms with Gasteiger partial charge in [-0.25, -0.2) is 0 Å². The van der Waals surface area contributed by atoms with Crippen LogP contribution in [0, 0.1) is 10.1 Å². The molecule has 120 valence electrons. The molecule has 0 saturated heterocycles. The fourth-order valence-electron chi connectivity index (χ4n) is 1.45. The minimum atomic E-state index is -1.21. The number of hydrogen-bond acceptors (Lipinski definition) is 8. The van der Waals surface area contributed by atoms with Crippen LogP contribution in [-0.2, 0) is 0 Å². The highest BCUT2D eigenvalue weighted by atomic mass is 16.6. The second kappa shape index (κ2) is 7.61. The highest BCUT2D eigenvalue weighted by molar-refractivity contribution is 5.91. The first kappa shape index (κ1) is 17.7. The van der Waals surface area contributed by atoms with Gasteiger partial charge in [0.05, 0.1) is 35.7 Å². The number of non-ortho nitro benzene ring substituents is 1. The summed E-state index contributed by atoms with van der Waals surface area (Å²) in [6.07, 6.45) is 1.48. The SMILES string of the molecule is NC(CO)(CO)CO.O=[N+]([O-])c1ccc(O)c2ncccc12. The fourth-order valence-corrected chi connectivity index (χ4v) is 1.45. The number of aromatic hydroxyl groups is 1. The molecule has 0 amide bonds. The Balaban J connectivity index is 0.000000261. The first-order valence-electron chi connectivity index (χ1n) is 6.21. The van der Waals surface area contributed by atoms with Crippen LogP contribution in [0.5, 0.6) is 5.75 Å². The largest absolute Gasteiger partial charge is 0.506 e. The van der Waals surface area contributed by atoms with Crippen molar-refractivity contribution in [3.8, 4) is 5.75 Å². The van der Waals surface area contributed by atoms with Crippen LogP contribution in [0.4, 0.5) is 5.69 Å². The van der Waals surface area contributed by atoms with Crippen LogP contribution in [0.1, 0.15) is 0 Å². The van der Waals surface area contributed by atoms with E-state index in [1.54, 1.807) is 12.1 Å². The molecule has 0 aliphatic carbocycles. The number of aliphatic hydroxyl groups is 3. The lowest BCUT2D eigenvalue weighted by molar-refractivity contribution is -0.383. The molecule has 0 spiro atoms. The number of nitro groups is 1. The number of phenolic OH excluding ortho intramolecular Hbond substituents is 1. The molecule has 1 aromatic heterocycles. The summed E-state index contributed by atoms with van der Waals surface area (Å²) in [5, 5.41) is 45.4. The summed E-state index contributed by atoms with van der Waals surface area (Å²) < 4.78 is 0. The van der Waals surface area contributed by atoms with Crippen molar-refractivity contribution in [2.24, 2.45) is 5.73 Å². The van der Waals surface area contributed by atoms with Crippen LogP contribution in [0.2, 0.25) is 0 Å². The molecule has 0 aliphatic rings. The average molecular weight is 311 g/mol. The summed E-state index contributed by atoms with van der Waals surface area (Å²) in [4.78, 5) is 14.0. The standard InChI is InChI=1S/C9H6N2O3.C4H11NO3/c12-8-4-3-7(11(13)14)6-2-1-5-10-9(6)8;5-4(1-6,2-7)3-8/h1-5,12H;6-8H,1-3,5H2. The molecule has 0 aliphatic heterocycles. The number of nitro benzene ring substituents is 1. The molecule has 6 N–H and O–H groups in total. The number of hydrogen-bond donors (Lipinski definition) is 5. The molecule has 1 aromatic carbocycles. The molecule has 9 nitrogen and oxygen atoms in total. The third-order valence-electron chi connectivity index (χ3n) is 2.87. The average Bonchev–Trinajstić information content (AvgIpc) is 2.55. The predicted octanol–water partition coefficient (Wildman–Crippen LogP) is -0.491. The maximum atomic E-state index is 10.6. The lowest BCUT2D eigenvalue weighted by atomic mass is 10.1. The first-order valence-corrected chi connectivity index (χ1v) is 6.21. The molecular weight excluding hydrogens is 294 g/mol. The fraction of sp³-hybridized carbons (Fsp3) is 0.308. The van der Waals surface area contributed by atoms with Crippen molar-refractivity contribution >= 4 is 16.6 Å². The van der Waals surface area contributed by atoms with Crippen LogP contribution < -0.4 is 5.73 Å². The Kier molecular flexibility index (Phi) is 6.13. The number of benzene rings is 1. The molecule has 22 heavy (non-hydrogen) atoms. The molecule has 2 aromatic rings. The van der Waals surface area contributed by atoms with Gasteiger partial charge in [-0.3, -0.25) is 15.1 Å². The van der Waals surface area contributed by atoms with Gasteiger partial charge < -0.3 is 26.2 Å².